The fourth-order valence-electron chi connectivity index (χ4n) is 3.95. The average molecular weight is 425 g/mol. The first-order chi connectivity index (χ1) is 15.7. The number of hydrogen-bond acceptors (Lipinski definition) is 5. The number of fused-ring (bicyclic) bond motifs is 1. The Morgan fingerprint density at radius 2 is 1.72 bits per heavy atom. The number of benzene rings is 3. The van der Waals surface area contributed by atoms with Crippen LogP contribution in [0.2, 0.25) is 0 Å². The van der Waals surface area contributed by atoms with E-state index in [1.807, 2.05) is 78.9 Å². The van der Waals surface area contributed by atoms with Gasteiger partial charge in [-0.05, 0) is 60.0 Å². The fourth-order valence-corrected chi connectivity index (χ4v) is 3.95. The molecular formula is C26H24N4O2. The fraction of sp³-hybridized carbons (Fsp3) is 0.192. The van der Waals surface area contributed by atoms with Gasteiger partial charge < -0.3 is 15.0 Å². The van der Waals surface area contributed by atoms with Gasteiger partial charge >= 0.3 is 0 Å². The second kappa shape index (κ2) is 9.06. The van der Waals surface area contributed by atoms with Crippen molar-refractivity contribution in [1.29, 1.82) is 0 Å². The summed E-state index contributed by atoms with van der Waals surface area (Å²) >= 11 is 0. The molecule has 32 heavy (non-hydrogen) atoms. The van der Waals surface area contributed by atoms with Gasteiger partial charge in [-0.3, -0.25) is 4.79 Å². The maximum Gasteiger partial charge on any atom is 0.262 e. The molecule has 1 aliphatic heterocycles. The SMILES string of the molecule is O=C(COc1ccc2ccccc2c1)Nc1cccc(-c2ccc(N3CCCC3)nn2)c1. The molecule has 160 valence electrons. The smallest absolute Gasteiger partial charge is 0.262 e. The quantitative estimate of drug-likeness (QED) is 0.476. The lowest BCUT2D eigenvalue weighted by Crippen LogP contribution is -2.20. The zero-order chi connectivity index (χ0) is 21.8. The van der Waals surface area contributed by atoms with Crippen LogP contribution in [0.15, 0.2) is 78.9 Å². The first-order valence-corrected chi connectivity index (χ1v) is 10.9. The Labute approximate surface area is 186 Å². The third kappa shape index (κ3) is 4.54. The van der Waals surface area contributed by atoms with E-state index in [4.69, 9.17) is 4.74 Å². The van der Waals surface area contributed by atoms with Crippen LogP contribution in [-0.4, -0.2) is 35.8 Å². The predicted molar refractivity (Wildman–Crippen MR) is 127 cm³/mol. The summed E-state index contributed by atoms with van der Waals surface area (Å²) in [7, 11) is 0. The van der Waals surface area contributed by atoms with Crippen molar-refractivity contribution >= 4 is 28.2 Å². The molecule has 0 bridgehead atoms. The summed E-state index contributed by atoms with van der Waals surface area (Å²) in [5, 5.41) is 13.9. The van der Waals surface area contributed by atoms with Gasteiger partial charge in [-0.15, -0.1) is 10.2 Å². The number of carbonyl (C=O) groups excluding carboxylic acids is 1. The van der Waals surface area contributed by atoms with E-state index in [-0.39, 0.29) is 12.5 Å². The van der Waals surface area contributed by atoms with Crippen LogP contribution in [0, 0.1) is 0 Å². The van der Waals surface area contributed by atoms with Gasteiger partial charge in [-0.2, -0.15) is 0 Å². The normalized spacial score (nSPS) is 13.3. The van der Waals surface area contributed by atoms with Gasteiger partial charge in [0.15, 0.2) is 12.4 Å². The van der Waals surface area contributed by atoms with Crippen LogP contribution in [0.1, 0.15) is 12.8 Å². The van der Waals surface area contributed by atoms with Crippen molar-refractivity contribution in [3.63, 3.8) is 0 Å². The van der Waals surface area contributed by atoms with Crippen molar-refractivity contribution in [2.24, 2.45) is 0 Å². The molecule has 6 nitrogen and oxygen atoms in total. The molecule has 1 aliphatic rings. The Balaban J connectivity index is 1.21. The van der Waals surface area contributed by atoms with E-state index in [0.29, 0.717) is 11.4 Å². The predicted octanol–water partition coefficient (Wildman–Crippen LogP) is 4.91. The number of nitrogens with one attached hydrogen (secondary N) is 1. The molecule has 0 spiro atoms. The Hall–Kier alpha value is -3.93. The number of carbonyl (C=O) groups is 1. The zero-order valence-corrected chi connectivity index (χ0v) is 17.7. The van der Waals surface area contributed by atoms with Crippen molar-refractivity contribution in [3.05, 3.63) is 78.9 Å². The molecule has 5 rings (SSSR count). The van der Waals surface area contributed by atoms with Crippen LogP contribution in [0.5, 0.6) is 5.75 Å². The van der Waals surface area contributed by atoms with Crippen LogP contribution in [0.4, 0.5) is 11.5 Å². The molecule has 1 saturated heterocycles. The summed E-state index contributed by atoms with van der Waals surface area (Å²) in [5.41, 5.74) is 2.37. The lowest BCUT2D eigenvalue weighted by molar-refractivity contribution is -0.118. The highest BCUT2D eigenvalue weighted by Gasteiger charge is 2.14. The molecule has 0 atom stereocenters. The maximum absolute atomic E-state index is 12.4. The van der Waals surface area contributed by atoms with Crippen LogP contribution < -0.4 is 15.0 Å². The lowest BCUT2D eigenvalue weighted by Gasteiger charge is -2.15. The summed E-state index contributed by atoms with van der Waals surface area (Å²) in [6, 6.07) is 25.4. The second-order valence-corrected chi connectivity index (χ2v) is 7.90. The van der Waals surface area contributed by atoms with Crippen molar-refractivity contribution in [1.82, 2.24) is 10.2 Å². The summed E-state index contributed by atoms with van der Waals surface area (Å²) in [5.74, 6) is 1.37. The van der Waals surface area contributed by atoms with E-state index >= 15 is 0 Å². The minimum atomic E-state index is -0.217. The van der Waals surface area contributed by atoms with E-state index in [1.165, 1.54) is 12.8 Å². The molecule has 1 N–H and O–H groups in total. The molecule has 0 saturated carbocycles. The minimum Gasteiger partial charge on any atom is -0.484 e. The van der Waals surface area contributed by atoms with Crippen LogP contribution >= 0.6 is 0 Å². The lowest BCUT2D eigenvalue weighted by atomic mass is 10.1. The van der Waals surface area contributed by atoms with Crippen molar-refractivity contribution in [3.8, 4) is 17.0 Å². The number of hydrogen-bond donors (Lipinski definition) is 1. The second-order valence-electron chi connectivity index (χ2n) is 7.90. The topological polar surface area (TPSA) is 67.3 Å². The molecule has 3 aromatic carbocycles. The van der Waals surface area contributed by atoms with Gasteiger partial charge in [0.25, 0.3) is 5.91 Å². The zero-order valence-electron chi connectivity index (χ0n) is 17.7. The number of rotatable bonds is 6. The summed E-state index contributed by atoms with van der Waals surface area (Å²) in [6.45, 7) is 2.01. The molecule has 2 heterocycles. The van der Waals surface area contributed by atoms with E-state index in [0.717, 1.165) is 40.9 Å². The Morgan fingerprint density at radius 1 is 0.875 bits per heavy atom. The van der Waals surface area contributed by atoms with E-state index in [2.05, 4.69) is 20.4 Å². The molecule has 1 fully saturated rings. The summed E-state index contributed by atoms with van der Waals surface area (Å²) < 4.78 is 5.69. The maximum atomic E-state index is 12.4. The van der Waals surface area contributed by atoms with Crippen molar-refractivity contribution in [2.45, 2.75) is 12.8 Å². The van der Waals surface area contributed by atoms with Crippen molar-refractivity contribution < 1.29 is 9.53 Å². The first kappa shape index (κ1) is 20.0. The first-order valence-electron chi connectivity index (χ1n) is 10.9. The number of nitrogens with zero attached hydrogens (tertiary/aromatic N) is 3. The number of amides is 1. The van der Waals surface area contributed by atoms with Gasteiger partial charge in [-0.25, -0.2) is 0 Å². The Bertz CT molecular complexity index is 1230. The number of aromatic nitrogens is 2. The third-order valence-corrected chi connectivity index (χ3v) is 5.61. The number of ether oxygens (including phenoxy) is 1. The Morgan fingerprint density at radius 3 is 2.53 bits per heavy atom. The molecule has 4 aromatic rings. The third-order valence-electron chi connectivity index (χ3n) is 5.61. The molecule has 0 radical (unpaired) electrons. The largest absolute Gasteiger partial charge is 0.484 e. The van der Waals surface area contributed by atoms with E-state index in [9.17, 15) is 4.79 Å². The molecule has 0 aliphatic carbocycles. The van der Waals surface area contributed by atoms with Gasteiger partial charge in [0, 0.05) is 24.3 Å². The van der Waals surface area contributed by atoms with E-state index < -0.39 is 0 Å². The molecule has 6 heteroatoms. The highest BCUT2D eigenvalue weighted by molar-refractivity contribution is 5.92. The van der Waals surface area contributed by atoms with Crippen LogP contribution in [0.25, 0.3) is 22.0 Å². The highest BCUT2D eigenvalue weighted by atomic mass is 16.5. The van der Waals surface area contributed by atoms with E-state index in [1.54, 1.807) is 0 Å². The molecule has 1 amide bonds. The molecular weight excluding hydrogens is 400 g/mol. The molecule has 1 aromatic heterocycles. The van der Waals surface area contributed by atoms with Gasteiger partial charge in [0.2, 0.25) is 0 Å². The van der Waals surface area contributed by atoms with Gasteiger partial charge in [0.1, 0.15) is 5.75 Å². The summed E-state index contributed by atoms with van der Waals surface area (Å²) in [4.78, 5) is 14.7. The number of anilines is 2. The molecule has 0 unspecified atom stereocenters. The van der Waals surface area contributed by atoms with Crippen molar-refractivity contribution in [2.75, 3.05) is 29.9 Å². The highest BCUT2D eigenvalue weighted by Crippen LogP contribution is 2.24. The summed E-state index contributed by atoms with van der Waals surface area (Å²) in [6.07, 6.45) is 2.41. The van der Waals surface area contributed by atoms with Crippen LogP contribution in [-0.2, 0) is 4.79 Å². The van der Waals surface area contributed by atoms with Gasteiger partial charge in [0.05, 0.1) is 5.69 Å². The monoisotopic (exact) mass is 424 g/mol. The minimum absolute atomic E-state index is 0.0626. The average Bonchev–Trinajstić information content (AvgIpc) is 3.38. The van der Waals surface area contributed by atoms with Crippen LogP contribution in [0.3, 0.4) is 0 Å². The standard InChI is InChI=1S/C26H24N4O2/c31-26(18-32-23-11-10-19-6-1-2-7-20(19)17-23)27-22-9-5-8-21(16-22)24-12-13-25(29-28-24)30-14-3-4-15-30/h1-2,5-13,16-17H,3-4,14-15,18H2,(H,27,31). The Kier molecular flexibility index (Phi) is 5.66. The van der Waals surface area contributed by atoms with Gasteiger partial charge in [-0.1, -0.05) is 42.5 Å².